The fraction of sp³-hybridized carbons (Fsp3) is 0.357. The third-order valence-electron chi connectivity index (χ3n) is 3.27. The van der Waals surface area contributed by atoms with Gasteiger partial charge in [0.25, 0.3) is 0 Å². The predicted molar refractivity (Wildman–Crippen MR) is 70.9 cm³/mol. The van der Waals surface area contributed by atoms with E-state index in [2.05, 4.69) is 10.3 Å². The molecule has 0 aliphatic rings. The van der Waals surface area contributed by atoms with Crippen LogP contribution < -0.4 is 5.32 Å². The molecule has 5 heteroatoms. The van der Waals surface area contributed by atoms with Gasteiger partial charge in [0, 0.05) is 31.3 Å². The average molecular weight is 265 g/mol. The number of halogens is 2. The molecule has 0 saturated heterocycles. The lowest BCUT2D eigenvalue weighted by Crippen LogP contribution is -2.13. The standard InChI is InChI=1S/C14H17F2N3/c1-9-14(10-4-5-11(15)12(16)8-10)18-13(19(9)3)6-7-17-2/h4-5,8,17H,6-7H2,1-3H3. The first-order valence-corrected chi connectivity index (χ1v) is 6.16. The van der Waals surface area contributed by atoms with Crippen LogP contribution in [0.1, 0.15) is 11.5 Å². The number of benzene rings is 1. The summed E-state index contributed by atoms with van der Waals surface area (Å²) in [5, 5.41) is 3.07. The molecule has 0 aliphatic heterocycles. The molecule has 0 amide bonds. The van der Waals surface area contributed by atoms with E-state index in [1.54, 1.807) is 6.07 Å². The molecule has 3 nitrogen and oxygen atoms in total. The predicted octanol–water partition coefficient (Wildman–Crippen LogP) is 2.44. The number of nitrogens with one attached hydrogen (secondary N) is 1. The molecule has 0 spiro atoms. The molecule has 1 aromatic carbocycles. The Hall–Kier alpha value is -1.75. The Morgan fingerprint density at radius 1 is 1.26 bits per heavy atom. The fourth-order valence-corrected chi connectivity index (χ4v) is 2.01. The van der Waals surface area contributed by atoms with E-state index in [4.69, 9.17) is 0 Å². The van der Waals surface area contributed by atoms with Gasteiger partial charge in [-0.05, 0) is 32.2 Å². The number of nitrogens with zero attached hydrogens (tertiary/aromatic N) is 2. The second-order valence-corrected chi connectivity index (χ2v) is 4.50. The molecule has 19 heavy (non-hydrogen) atoms. The van der Waals surface area contributed by atoms with Crippen molar-refractivity contribution in [1.82, 2.24) is 14.9 Å². The van der Waals surface area contributed by atoms with E-state index >= 15 is 0 Å². The Morgan fingerprint density at radius 2 is 2.00 bits per heavy atom. The molecular formula is C14H17F2N3. The highest BCUT2D eigenvalue weighted by Gasteiger charge is 2.14. The first-order chi connectivity index (χ1) is 9.04. The van der Waals surface area contributed by atoms with Crippen LogP contribution in [0.4, 0.5) is 8.78 Å². The van der Waals surface area contributed by atoms with Crippen LogP contribution in [-0.4, -0.2) is 23.1 Å². The molecule has 1 heterocycles. The van der Waals surface area contributed by atoms with Gasteiger partial charge in [0.1, 0.15) is 5.82 Å². The number of aromatic nitrogens is 2. The van der Waals surface area contributed by atoms with Crippen LogP contribution in [0.5, 0.6) is 0 Å². The molecule has 0 radical (unpaired) electrons. The van der Waals surface area contributed by atoms with E-state index in [1.807, 2.05) is 25.6 Å². The highest BCUT2D eigenvalue weighted by atomic mass is 19.2. The van der Waals surface area contributed by atoms with Crippen molar-refractivity contribution in [3.63, 3.8) is 0 Å². The molecule has 0 aliphatic carbocycles. The van der Waals surface area contributed by atoms with Gasteiger partial charge in [0.05, 0.1) is 5.69 Å². The number of imidazole rings is 1. The summed E-state index contributed by atoms with van der Waals surface area (Å²) < 4.78 is 28.2. The molecule has 1 N–H and O–H groups in total. The summed E-state index contributed by atoms with van der Waals surface area (Å²) >= 11 is 0. The molecule has 0 fully saturated rings. The first kappa shape index (κ1) is 13.7. The van der Waals surface area contributed by atoms with Crippen LogP contribution >= 0.6 is 0 Å². The van der Waals surface area contributed by atoms with Crippen molar-refractivity contribution in [1.29, 1.82) is 0 Å². The van der Waals surface area contributed by atoms with Crippen molar-refractivity contribution in [2.24, 2.45) is 7.05 Å². The summed E-state index contributed by atoms with van der Waals surface area (Å²) in [7, 11) is 3.81. The van der Waals surface area contributed by atoms with Crippen LogP contribution in [-0.2, 0) is 13.5 Å². The van der Waals surface area contributed by atoms with Gasteiger partial charge in [-0.25, -0.2) is 13.8 Å². The lowest BCUT2D eigenvalue weighted by atomic mass is 10.1. The Labute approximate surface area is 111 Å². The molecule has 2 aromatic rings. The highest BCUT2D eigenvalue weighted by Crippen LogP contribution is 2.24. The zero-order valence-corrected chi connectivity index (χ0v) is 11.3. The maximum atomic E-state index is 13.3. The Morgan fingerprint density at radius 3 is 2.63 bits per heavy atom. The third kappa shape index (κ3) is 2.66. The second kappa shape index (κ2) is 5.48. The Bertz CT molecular complexity index is 591. The lowest BCUT2D eigenvalue weighted by Gasteiger charge is -2.02. The van der Waals surface area contributed by atoms with Gasteiger partial charge < -0.3 is 9.88 Å². The van der Waals surface area contributed by atoms with Crippen molar-refractivity contribution in [3.05, 3.63) is 41.4 Å². The number of rotatable bonds is 4. The molecule has 102 valence electrons. The molecule has 0 atom stereocenters. The summed E-state index contributed by atoms with van der Waals surface area (Å²) in [6.45, 7) is 2.74. The second-order valence-electron chi connectivity index (χ2n) is 4.50. The van der Waals surface area contributed by atoms with Gasteiger partial charge in [-0.15, -0.1) is 0 Å². The van der Waals surface area contributed by atoms with Crippen LogP contribution in [0.15, 0.2) is 18.2 Å². The molecule has 0 saturated carbocycles. The molecule has 0 bridgehead atoms. The normalized spacial score (nSPS) is 11.0. The van der Waals surface area contributed by atoms with Gasteiger partial charge in [-0.2, -0.15) is 0 Å². The maximum absolute atomic E-state index is 13.3. The van der Waals surface area contributed by atoms with Crippen LogP contribution in [0.2, 0.25) is 0 Å². The van der Waals surface area contributed by atoms with Crippen molar-refractivity contribution in [2.75, 3.05) is 13.6 Å². The quantitative estimate of drug-likeness (QED) is 0.920. The summed E-state index contributed by atoms with van der Waals surface area (Å²) in [4.78, 5) is 4.52. The number of hydrogen-bond donors (Lipinski definition) is 1. The largest absolute Gasteiger partial charge is 0.335 e. The van der Waals surface area contributed by atoms with Crippen molar-refractivity contribution in [3.8, 4) is 11.3 Å². The van der Waals surface area contributed by atoms with Crippen LogP contribution in [0.25, 0.3) is 11.3 Å². The first-order valence-electron chi connectivity index (χ1n) is 6.16. The fourth-order valence-electron chi connectivity index (χ4n) is 2.01. The molecular weight excluding hydrogens is 248 g/mol. The number of likely N-dealkylation sites (N-methyl/N-ethyl adjacent to an activating group) is 1. The van der Waals surface area contributed by atoms with E-state index in [0.29, 0.717) is 11.3 Å². The van der Waals surface area contributed by atoms with Crippen molar-refractivity contribution < 1.29 is 8.78 Å². The van der Waals surface area contributed by atoms with E-state index in [-0.39, 0.29) is 0 Å². The van der Waals surface area contributed by atoms with Gasteiger partial charge in [-0.3, -0.25) is 0 Å². The SMILES string of the molecule is CNCCc1nc(-c2ccc(F)c(F)c2)c(C)n1C. The summed E-state index contributed by atoms with van der Waals surface area (Å²) in [5.41, 5.74) is 2.24. The van der Waals surface area contributed by atoms with Crippen molar-refractivity contribution >= 4 is 0 Å². The zero-order chi connectivity index (χ0) is 14.0. The van der Waals surface area contributed by atoms with E-state index in [9.17, 15) is 8.78 Å². The van der Waals surface area contributed by atoms with E-state index in [0.717, 1.165) is 30.6 Å². The summed E-state index contributed by atoms with van der Waals surface area (Å²) in [6.07, 6.45) is 0.789. The minimum absolute atomic E-state index is 0.600. The van der Waals surface area contributed by atoms with Crippen LogP contribution in [0.3, 0.4) is 0 Å². The summed E-state index contributed by atoms with van der Waals surface area (Å²) in [5.74, 6) is -0.765. The number of hydrogen-bond acceptors (Lipinski definition) is 2. The van der Waals surface area contributed by atoms with Gasteiger partial charge in [0.2, 0.25) is 0 Å². The van der Waals surface area contributed by atoms with E-state index in [1.165, 1.54) is 6.07 Å². The minimum Gasteiger partial charge on any atom is -0.335 e. The Balaban J connectivity index is 2.41. The third-order valence-corrected chi connectivity index (χ3v) is 3.27. The zero-order valence-electron chi connectivity index (χ0n) is 11.3. The topological polar surface area (TPSA) is 29.9 Å². The van der Waals surface area contributed by atoms with Crippen LogP contribution in [0, 0.1) is 18.6 Å². The molecule has 2 rings (SSSR count). The molecule has 0 unspecified atom stereocenters. The van der Waals surface area contributed by atoms with Gasteiger partial charge >= 0.3 is 0 Å². The lowest BCUT2D eigenvalue weighted by molar-refractivity contribution is 0.509. The Kier molecular flexibility index (Phi) is 3.95. The van der Waals surface area contributed by atoms with E-state index < -0.39 is 11.6 Å². The minimum atomic E-state index is -0.848. The monoisotopic (exact) mass is 265 g/mol. The summed E-state index contributed by atoms with van der Waals surface area (Å²) in [6, 6.07) is 3.87. The maximum Gasteiger partial charge on any atom is 0.159 e. The smallest absolute Gasteiger partial charge is 0.159 e. The van der Waals surface area contributed by atoms with Gasteiger partial charge in [-0.1, -0.05) is 0 Å². The molecule has 1 aromatic heterocycles. The van der Waals surface area contributed by atoms with Gasteiger partial charge in [0.15, 0.2) is 11.6 Å². The average Bonchev–Trinajstić information content (AvgIpc) is 2.67. The van der Waals surface area contributed by atoms with Crippen molar-refractivity contribution in [2.45, 2.75) is 13.3 Å². The highest BCUT2D eigenvalue weighted by molar-refractivity contribution is 5.62.